The molecule has 0 aliphatic heterocycles. The first-order valence-corrected chi connectivity index (χ1v) is 22.3. The van der Waals surface area contributed by atoms with Gasteiger partial charge in [0.15, 0.2) is 20.4 Å². The third-order valence-electron chi connectivity index (χ3n) is 8.21. The summed E-state index contributed by atoms with van der Waals surface area (Å²) in [5.41, 5.74) is -2.05. The zero-order chi connectivity index (χ0) is 47.1. The summed E-state index contributed by atoms with van der Waals surface area (Å²) in [7, 11) is -9.47. The van der Waals surface area contributed by atoms with Gasteiger partial charge >= 0.3 is 36.7 Å². The molecule has 62 heavy (non-hydrogen) atoms. The lowest BCUT2D eigenvalue weighted by molar-refractivity contribution is -0.247. The van der Waals surface area contributed by atoms with E-state index in [0.717, 1.165) is 29.4 Å². The molecule has 20 heteroatoms. The lowest BCUT2D eigenvalue weighted by Crippen LogP contribution is -2.61. The molecule has 0 aliphatic rings. The van der Waals surface area contributed by atoms with Gasteiger partial charge in [0.25, 0.3) is 0 Å². The van der Waals surface area contributed by atoms with Crippen LogP contribution in [0, 0.1) is 0 Å². The summed E-state index contributed by atoms with van der Waals surface area (Å²) in [5.74, 6) is -5.61. The Kier molecular flexibility index (Phi) is 16.7. The van der Waals surface area contributed by atoms with Crippen molar-refractivity contribution >= 4 is 37.2 Å². The van der Waals surface area contributed by atoms with E-state index >= 15 is 0 Å². The Bertz CT molecular complexity index is 2250. The van der Waals surface area contributed by atoms with E-state index in [9.17, 15) is 43.2 Å². The molecule has 342 valence electrons. The molecule has 0 atom stereocenters. The van der Waals surface area contributed by atoms with Crippen molar-refractivity contribution in [3.8, 4) is 23.0 Å². The molecule has 0 bridgehead atoms. The topological polar surface area (TPSA) is 144 Å². The van der Waals surface area contributed by atoms with Gasteiger partial charge in [-0.05, 0) is 95.6 Å². The molecule has 4 aromatic rings. The van der Waals surface area contributed by atoms with Crippen LogP contribution in [0.15, 0.2) is 106 Å². The van der Waals surface area contributed by atoms with Crippen LogP contribution in [0.2, 0.25) is 0 Å². The molecule has 1 N–H and O–H groups in total. The van der Waals surface area contributed by atoms with Crippen LogP contribution in [0.3, 0.4) is 0 Å². The molecule has 0 saturated heterocycles. The molecule has 0 aliphatic carbocycles. The molecule has 0 saturated carbocycles. The van der Waals surface area contributed by atoms with Gasteiger partial charge in [0.05, 0.1) is 56.6 Å². The molecule has 0 heterocycles. The second-order valence-electron chi connectivity index (χ2n) is 15.1. The van der Waals surface area contributed by atoms with Gasteiger partial charge in [-0.3, -0.25) is 4.55 Å². The van der Waals surface area contributed by atoms with E-state index in [1.807, 2.05) is 36.4 Å². The number of ether oxygens (including phenoxy) is 5. The number of rotatable bonds is 17. The van der Waals surface area contributed by atoms with Gasteiger partial charge in [-0.2, -0.15) is 43.2 Å². The Morgan fingerprint density at radius 1 is 0.613 bits per heavy atom. The van der Waals surface area contributed by atoms with Crippen LogP contribution in [-0.4, -0.2) is 70.4 Å². The van der Waals surface area contributed by atoms with Crippen LogP contribution >= 0.6 is 0 Å². The molecule has 0 aromatic heterocycles. The molecule has 4 aromatic carbocycles. The SMILES string of the molecule is C=Cc1cc(COC(C)(C)C)c(OS(=O)(=O)C(F)(F)C(F)(F)C(F)(F)S(=O)(=O)O)c(COC(C)(C)C)c1.COc1cccc([S+](c2cccc(OC)c2)c2cccc(OC)c2)c1. The van der Waals surface area contributed by atoms with E-state index in [0.29, 0.717) is 0 Å². The van der Waals surface area contributed by atoms with E-state index < -0.39 is 66.8 Å². The van der Waals surface area contributed by atoms with Crippen molar-refractivity contribution in [3.63, 3.8) is 0 Å². The first-order valence-electron chi connectivity index (χ1n) is 18.2. The smallest absolute Gasteiger partial charge is 0.450 e. The second-order valence-corrected chi connectivity index (χ2v) is 20.2. The number of methoxy groups -OCH3 is 3. The molecule has 0 radical (unpaired) electrons. The second kappa shape index (κ2) is 19.9. The average Bonchev–Trinajstić information content (AvgIpc) is 3.19. The summed E-state index contributed by atoms with van der Waals surface area (Å²) >= 11 is 0. The molecular weight excluding hydrogens is 891 g/mol. The minimum Gasteiger partial charge on any atom is -0.497 e. The third kappa shape index (κ3) is 12.6. The minimum atomic E-state index is -7.19. The van der Waals surface area contributed by atoms with Crippen LogP contribution in [0.5, 0.6) is 23.0 Å². The number of halogens is 6. The van der Waals surface area contributed by atoms with E-state index in [4.69, 9.17) is 28.2 Å². The number of hydrogen-bond acceptors (Lipinski definition) is 10. The van der Waals surface area contributed by atoms with Gasteiger partial charge in [-0.1, -0.05) is 30.9 Å². The zero-order valence-electron chi connectivity index (χ0n) is 35.3. The Labute approximate surface area is 361 Å². The Hall–Kier alpha value is -4.47. The summed E-state index contributed by atoms with van der Waals surface area (Å²) in [6.07, 6.45) is 1.27. The minimum absolute atomic E-state index is 0.278. The zero-order valence-corrected chi connectivity index (χ0v) is 37.8. The molecule has 4 rings (SSSR count). The van der Waals surface area contributed by atoms with E-state index in [2.05, 4.69) is 47.2 Å². The highest BCUT2D eigenvalue weighted by molar-refractivity contribution is 7.97. The van der Waals surface area contributed by atoms with Crippen molar-refractivity contribution in [3.05, 3.63) is 108 Å². The molecule has 0 fully saturated rings. The summed E-state index contributed by atoms with van der Waals surface area (Å²) < 4.78 is 170. The van der Waals surface area contributed by atoms with E-state index in [1.165, 1.54) is 20.8 Å². The first kappa shape index (κ1) is 51.9. The maximum atomic E-state index is 14.5. The van der Waals surface area contributed by atoms with Crippen molar-refractivity contribution < 1.29 is 75.6 Å². The molecule has 0 spiro atoms. The highest BCUT2D eigenvalue weighted by atomic mass is 32.2. The molecular formula is C42H49F6O11S3+. The normalized spacial score (nSPS) is 12.9. The van der Waals surface area contributed by atoms with Crippen molar-refractivity contribution in [2.45, 2.75) is 97.1 Å². The molecule has 0 unspecified atom stereocenters. The Morgan fingerprint density at radius 3 is 1.26 bits per heavy atom. The third-order valence-corrected chi connectivity index (χ3v) is 12.6. The summed E-state index contributed by atoms with van der Waals surface area (Å²) in [5, 5.41) is -13.7. The summed E-state index contributed by atoms with van der Waals surface area (Å²) in [6.45, 7) is 12.0. The van der Waals surface area contributed by atoms with Crippen LogP contribution in [0.1, 0.15) is 58.2 Å². The van der Waals surface area contributed by atoms with Gasteiger partial charge in [-0.25, -0.2) is 0 Å². The monoisotopic (exact) mass is 939 g/mol. The standard InChI is InChI=1S/C21H28F6O8S2.C21H21O3S/c1-8-13-9-14(11-33-17(2,3)4)16(15(10-13)12-34-18(5,6)7)35-37(31,32)21(26,27)19(22,23)20(24,25)36(28,29)30;1-22-16-7-4-10-19(13-16)25(20-11-5-8-17(14-20)23-2)21-12-6-9-18(15-21)24-3/h8-10H,1,11-12H2,2-7H3,(H,28,29,30);4-15H,1-3H3/q;+1. The quantitative estimate of drug-likeness (QED) is 0.0468. The predicted octanol–water partition coefficient (Wildman–Crippen LogP) is 10.2. The first-order chi connectivity index (χ1) is 28.4. The van der Waals surface area contributed by atoms with Gasteiger partial charge in [-0.15, -0.1) is 0 Å². The highest BCUT2D eigenvalue weighted by Gasteiger charge is 2.83. The predicted molar refractivity (Wildman–Crippen MR) is 223 cm³/mol. The lowest BCUT2D eigenvalue weighted by Gasteiger charge is -2.30. The fourth-order valence-corrected chi connectivity index (χ4v) is 8.71. The maximum absolute atomic E-state index is 14.5. The Morgan fingerprint density at radius 2 is 0.968 bits per heavy atom. The fraction of sp³-hybridized carbons (Fsp3) is 0.381. The van der Waals surface area contributed by atoms with Crippen molar-refractivity contribution in [1.29, 1.82) is 0 Å². The van der Waals surface area contributed by atoms with Gasteiger partial charge in [0.1, 0.15) is 17.2 Å². The van der Waals surface area contributed by atoms with Crippen LogP contribution < -0.4 is 18.4 Å². The van der Waals surface area contributed by atoms with Gasteiger partial charge in [0, 0.05) is 29.3 Å². The van der Waals surface area contributed by atoms with Crippen LogP contribution in [0.25, 0.3) is 6.08 Å². The Balaban J connectivity index is 0.000000354. The average molecular weight is 940 g/mol. The van der Waals surface area contributed by atoms with Crippen molar-refractivity contribution in [2.75, 3.05) is 21.3 Å². The van der Waals surface area contributed by atoms with Crippen LogP contribution in [-0.2, 0) is 53.8 Å². The number of alkyl halides is 6. The van der Waals surface area contributed by atoms with E-state index in [-0.39, 0.29) is 27.6 Å². The highest BCUT2D eigenvalue weighted by Crippen LogP contribution is 2.51. The van der Waals surface area contributed by atoms with Gasteiger partial charge in [0.2, 0.25) is 0 Å². The van der Waals surface area contributed by atoms with E-state index in [1.54, 1.807) is 62.9 Å². The van der Waals surface area contributed by atoms with Gasteiger partial charge < -0.3 is 27.9 Å². The van der Waals surface area contributed by atoms with Crippen LogP contribution in [0.4, 0.5) is 26.3 Å². The largest absolute Gasteiger partial charge is 0.497 e. The number of hydrogen-bond donors (Lipinski definition) is 1. The number of benzene rings is 4. The molecule has 11 nitrogen and oxygen atoms in total. The summed E-state index contributed by atoms with van der Waals surface area (Å²) in [6, 6.07) is 26.9. The summed E-state index contributed by atoms with van der Waals surface area (Å²) in [4.78, 5) is 3.54. The van der Waals surface area contributed by atoms with Crippen molar-refractivity contribution in [1.82, 2.24) is 0 Å². The fourth-order valence-electron chi connectivity index (χ4n) is 5.05. The molecule has 0 amide bonds. The maximum Gasteiger partial charge on any atom is 0.450 e. The lowest BCUT2D eigenvalue weighted by atomic mass is 10.0. The van der Waals surface area contributed by atoms with Crippen molar-refractivity contribution in [2.24, 2.45) is 0 Å².